The van der Waals surface area contributed by atoms with Crippen LogP contribution in [0.2, 0.25) is 5.02 Å². The molecule has 2 aromatic rings. The third-order valence-corrected chi connectivity index (χ3v) is 3.36. The number of hydrogen-bond acceptors (Lipinski definition) is 5. The van der Waals surface area contributed by atoms with E-state index in [-0.39, 0.29) is 11.3 Å². The van der Waals surface area contributed by atoms with Crippen LogP contribution in [0.25, 0.3) is 0 Å². The highest BCUT2D eigenvalue weighted by Gasteiger charge is 2.33. The summed E-state index contributed by atoms with van der Waals surface area (Å²) in [7, 11) is 1.55. The maximum absolute atomic E-state index is 12.8. The molecule has 1 heterocycles. The number of halogens is 4. The fraction of sp³-hybridized carbons (Fsp3) is 0.267. The van der Waals surface area contributed by atoms with Crippen molar-refractivity contribution in [3.63, 3.8) is 0 Å². The molecule has 0 bridgehead atoms. The van der Waals surface area contributed by atoms with Crippen molar-refractivity contribution >= 4 is 29.1 Å². The third kappa shape index (κ3) is 5.30. The van der Waals surface area contributed by atoms with Gasteiger partial charge in [-0.15, -0.1) is 0 Å². The molecule has 2 rings (SSSR count). The van der Waals surface area contributed by atoms with Gasteiger partial charge >= 0.3 is 6.18 Å². The highest BCUT2D eigenvalue weighted by atomic mass is 35.5. The molecule has 134 valence electrons. The van der Waals surface area contributed by atoms with Gasteiger partial charge in [-0.3, -0.25) is 4.79 Å². The fourth-order valence-corrected chi connectivity index (χ4v) is 2.05. The topological polar surface area (TPSA) is 76.1 Å². The second-order valence-corrected chi connectivity index (χ2v) is 5.27. The first-order chi connectivity index (χ1) is 11.8. The third-order valence-electron chi connectivity index (χ3n) is 3.03. The maximum atomic E-state index is 12.8. The number of carbonyl (C=O) groups is 1. The molecule has 0 fully saturated rings. The Morgan fingerprint density at radius 1 is 1.28 bits per heavy atom. The van der Waals surface area contributed by atoms with Gasteiger partial charge in [0.2, 0.25) is 5.95 Å². The standard InChI is InChI=1S/C15H14ClF3N4O2/c1-25-5-4-20-14-21-7-9(8-22-14)13(24)23-10-2-3-12(16)11(6-10)15(17,18)19/h2-3,6-8H,4-5H2,1H3,(H,23,24)(H,20,21,22). The first kappa shape index (κ1) is 18.9. The highest BCUT2D eigenvalue weighted by molar-refractivity contribution is 6.31. The summed E-state index contributed by atoms with van der Waals surface area (Å²) in [4.78, 5) is 20.0. The minimum Gasteiger partial charge on any atom is -0.383 e. The van der Waals surface area contributed by atoms with Crippen molar-refractivity contribution in [3.8, 4) is 0 Å². The number of carbonyl (C=O) groups excluding carboxylic acids is 1. The average Bonchev–Trinajstić information content (AvgIpc) is 2.56. The van der Waals surface area contributed by atoms with Gasteiger partial charge in [0, 0.05) is 31.7 Å². The number of hydrogen-bond donors (Lipinski definition) is 2. The molecule has 0 unspecified atom stereocenters. The second kappa shape index (κ2) is 8.13. The minimum absolute atomic E-state index is 0.0379. The summed E-state index contributed by atoms with van der Waals surface area (Å²) in [5.41, 5.74) is -0.967. The van der Waals surface area contributed by atoms with Gasteiger partial charge in [0.15, 0.2) is 0 Å². The Hall–Kier alpha value is -2.39. The Morgan fingerprint density at radius 2 is 1.96 bits per heavy atom. The zero-order chi connectivity index (χ0) is 18.4. The van der Waals surface area contributed by atoms with Crippen LogP contribution in [0.1, 0.15) is 15.9 Å². The number of benzene rings is 1. The second-order valence-electron chi connectivity index (χ2n) is 4.86. The number of rotatable bonds is 6. The van der Waals surface area contributed by atoms with E-state index in [1.807, 2.05) is 0 Å². The van der Waals surface area contributed by atoms with E-state index in [1.54, 1.807) is 7.11 Å². The number of ether oxygens (including phenoxy) is 1. The summed E-state index contributed by atoms with van der Waals surface area (Å²) in [6, 6.07) is 3.11. The maximum Gasteiger partial charge on any atom is 0.417 e. The Bertz CT molecular complexity index is 739. The van der Waals surface area contributed by atoms with Crippen molar-refractivity contribution in [2.45, 2.75) is 6.18 Å². The number of methoxy groups -OCH3 is 1. The van der Waals surface area contributed by atoms with Crippen molar-refractivity contribution in [3.05, 3.63) is 46.7 Å². The molecular formula is C15H14ClF3N4O2. The summed E-state index contributed by atoms with van der Waals surface area (Å²) in [6.07, 6.45) is -2.09. The lowest BCUT2D eigenvalue weighted by Gasteiger charge is -2.11. The van der Waals surface area contributed by atoms with Crippen LogP contribution in [-0.2, 0) is 10.9 Å². The van der Waals surface area contributed by atoms with E-state index in [1.165, 1.54) is 18.5 Å². The lowest BCUT2D eigenvalue weighted by atomic mass is 10.2. The van der Waals surface area contributed by atoms with E-state index in [0.29, 0.717) is 19.1 Å². The van der Waals surface area contributed by atoms with Gasteiger partial charge in [0.25, 0.3) is 5.91 Å². The van der Waals surface area contributed by atoms with E-state index < -0.39 is 22.7 Å². The first-order valence-corrected chi connectivity index (χ1v) is 7.42. The lowest BCUT2D eigenvalue weighted by molar-refractivity contribution is -0.137. The van der Waals surface area contributed by atoms with Crippen LogP contribution in [0.3, 0.4) is 0 Å². The van der Waals surface area contributed by atoms with Gasteiger partial charge in [-0.05, 0) is 18.2 Å². The summed E-state index contributed by atoms with van der Waals surface area (Å²) >= 11 is 5.54. The molecule has 1 aromatic heterocycles. The Kier molecular flexibility index (Phi) is 6.16. The molecule has 0 saturated heterocycles. The summed E-state index contributed by atoms with van der Waals surface area (Å²) in [5, 5.41) is 4.78. The van der Waals surface area contributed by atoms with Crippen LogP contribution in [-0.4, -0.2) is 36.1 Å². The van der Waals surface area contributed by atoms with Gasteiger partial charge < -0.3 is 15.4 Å². The smallest absolute Gasteiger partial charge is 0.383 e. The van der Waals surface area contributed by atoms with Crippen molar-refractivity contribution in [1.29, 1.82) is 0 Å². The molecule has 0 aliphatic rings. The molecule has 0 aliphatic carbocycles. The van der Waals surface area contributed by atoms with Crippen LogP contribution >= 0.6 is 11.6 Å². The molecular weight excluding hydrogens is 361 g/mol. The van der Waals surface area contributed by atoms with E-state index in [0.717, 1.165) is 12.1 Å². The molecule has 1 amide bonds. The summed E-state index contributed by atoms with van der Waals surface area (Å²) in [5.74, 6) is -0.335. The van der Waals surface area contributed by atoms with E-state index in [2.05, 4.69) is 20.6 Å². The van der Waals surface area contributed by atoms with E-state index >= 15 is 0 Å². The van der Waals surface area contributed by atoms with Crippen molar-refractivity contribution in [2.75, 3.05) is 30.9 Å². The van der Waals surface area contributed by atoms with Gasteiger partial charge in [-0.1, -0.05) is 11.6 Å². The monoisotopic (exact) mass is 374 g/mol. The summed E-state index contributed by atoms with van der Waals surface area (Å²) < 4.78 is 43.3. The minimum atomic E-state index is -4.61. The van der Waals surface area contributed by atoms with Crippen molar-refractivity contribution in [1.82, 2.24) is 9.97 Å². The molecule has 0 radical (unpaired) electrons. The van der Waals surface area contributed by atoms with E-state index in [4.69, 9.17) is 16.3 Å². The molecule has 10 heteroatoms. The van der Waals surface area contributed by atoms with Crippen molar-refractivity contribution in [2.24, 2.45) is 0 Å². The van der Waals surface area contributed by atoms with Crippen LogP contribution in [0.4, 0.5) is 24.8 Å². The van der Waals surface area contributed by atoms with Crippen LogP contribution < -0.4 is 10.6 Å². The molecule has 6 nitrogen and oxygen atoms in total. The number of amides is 1. The lowest BCUT2D eigenvalue weighted by Crippen LogP contribution is -2.15. The number of anilines is 2. The predicted molar refractivity (Wildman–Crippen MR) is 86.8 cm³/mol. The summed E-state index contributed by atoms with van der Waals surface area (Å²) in [6.45, 7) is 0.955. The Morgan fingerprint density at radius 3 is 2.56 bits per heavy atom. The van der Waals surface area contributed by atoms with Gasteiger partial charge in [0.1, 0.15) is 0 Å². The molecule has 0 atom stereocenters. The largest absolute Gasteiger partial charge is 0.417 e. The van der Waals surface area contributed by atoms with Crippen LogP contribution in [0.15, 0.2) is 30.6 Å². The predicted octanol–water partition coefficient (Wildman–Crippen LogP) is 3.46. The molecule has 0 spiro atoms. The van der Waals surface area contributed by atoms with E-state index in [9.17, 15) is 18.0 Å². The van der Waals surface area contributed by atoms with Crippen molar-refractivity contribution < 1.29 is 22.7 Å². The number of aromatic nitrogens is 2. The number of alkyl halides is 3. The normalized spacial score (nSPS) is 11.2. The molecule has 25 heavy (non-hydrogen) atoms. The van der Waals surface area contributed by atoms with Gasteiger partial charge in [0.05, 0.1) is 22.8 Å². The SMILES string of the molecule is COCCNc1ncc(C(=O)Nc2ccc(Cl)c(C(F)(F)F)c2)cn1. The quantitative estimate of drug-likeness (QED) is 0.757. The highest BCUT2D eigenvalue weighted by Crippen LogP contribution is 2.36. The van der Waals surface area contributed by atoms with Gasteiger partial charge in [-0.25, -0.2) is 9.97 Å². The van der Waals surface area contributed by atoms with Gasteiger partial charge in [-0.2, -0.15) is 13.2 Å². The molecule has 2 N–H and O–H groups in total. The Labute approximate surface area is 146 Å². The molecule has 1 aromatic carbocycles. The zero-order valence-corrected chi connectivity index (χ0v) is 13.8. The van der Waals surface area contributed by atoms with Crippen LogP contribution in [0, 0.1) is 0 Å². The molecule has 0 aliphatic heterocycles. The number of nitrogens with one attached hydrogen (secondary N) is 2. The number of nitrogens with zero attached hydrogens (tertiary/aromatic N) is 2. The van der Waals surface area contributed by atoms with Crippen LogP contribution in [0.5, 0.6) is 0 Å². The average molecular weight is 375 g/mol. The Balaban J connectivity index is 2.07. The first-order valence-electron chi connectivity index (χ1n) is 7.04. The molecule has 0 saturated carbocycles. The zero-order valence-electron chi connectivity index (χ0n) is 13.0. The fourth-order valence-electron chi connectivity index (χ4n) is 1.83.